The van der Waals surface area contributed by atoms with Gasteiger partial charge in [-0.05, 0) is 48.9 Å². The SMILES string of the molecule is CCc1cc(N2CCCC(C)C2)ccc1N. The predicted molar refractivity (Wildman–Crippen MR) is 70.8 cm³/mol. The quantitative estimate of drug-likeness (QED) is 0.773. The molecule has 16 heavy (non-hydrogen) atoms. The van der Waals surface area contributed by atoms with Crippen molar-refractivity contribution in [2.24, 2.45) is 5.92 Å². The topological polar surface area (TPSA) is 29.3 Å². The number of nitrogens with zero attached hydrogens (tertiary/aromatic N) is 1. The Balaban J connectivity index is 2.19. The van der Waals surface area contributed by atoms with Crippen LogP contribution in [0.1, 0.15) is 32.3 Å². The summed E-state index contributed by atoms with van der Waals surface area (Å²) in [5.74, 6) is 0.816. The molecule has 1 atom stereocenters. The van der Waals surface area contributed by atoms with E-state index in [0.29, 0.717) is 0 Å². The van der Waals surface area contributed by atoms with Gasteiger partial charge in [-0.25, -0.2) is 0 Å². The maximum atomic E-state index is 5.94. The van der Waals surface area contributed by atoms with Crippen molar-refractivity contribution in [2.75, 3.05) is 23.7 Å². The lowest BCUT2D eigenvalue weighted by atomic mass is 9.99. The maximum Gasteiger partial charge on any atom is 0.0370 e. The molecule has 0 spiro atoms. The third kappa shape index (κ3) is 2.31. The molecule has 0 bridgehead atoms. The summed E-state index contributed by atoms with van der Waals surface area (Å²) in [5, 5.41) is 0. The standard InChI is InChI=1S/C14H22N2/c1-3-12-9-13(6-7-14(12)15)16-8-4-5-11(2)10-16/h6-7,9,11H,3-5,8,10,15H2,1-2H3. The van der Waals surface area contributed by atoms with Gasteiger partial charge >= 0.3 is 0 Å². The van der Waals surface area contributed by atoms with Gasteiger partial charge in [0.05, 0.1) is 0 Å². The molecule has 0 radical (unpaired) electrons. The third-order valence-corrected chi connectivity index (χ3v) is 3.53. The van der Waals surface area contributed by atoms with Crippen molar-refractivity contribution in [3.8, 4) is 0 Å². The van der Waals surface area contributed by atoms with E-state index in [-0.39, 0.29) is 0 Å². The number of rotatable bonds is 2. The van der Waals surface area contributed by atoms with Crippen molar-refractivity contribution in [1.82, 2.24) is 0 Å². The minimum absolute atomic E-state index is 0.816. The summed E-state index contributed by atoms with van der Waals surface area (Å²) in [6.07, 6.45) is 3.70. The van der Waals surface area contributed by atoms with Crippen LogP contribution in [-0.2, 0) is 6.42 Å². The maximum absolute atomic E-state index is 5.94. The molecule has 1 aliphatic rings. The smallest absolute Gasteiger partial charge is 0.0370 e. The minimum atomic E-state index is 0.816. The minimum Gasteiger partial charge on any atom is -0.399 e. The first-order chi connectivity index (χ1) is 7.70. The van der Waals surface area contributed by atoms with Crippen LogP contribution in [0.4, 0.5) is 11.4 Å². The largest absolute Gasteiger partial charge is 0.399 e. The van der Waals surface area contributed by atoms with Crippen LogP contribution in [0.15, 0.2) is 18.2 Å². The summed E-state index contributed by atoms with van der Waals surface area (Å²) < 4.78 is 0. The second-order valence-corrected chi connectivity index (χ2v) is 4.93. The molecule has 1 saturated heterocycles. The van der Waals surface area contributed by atoms with Crippen molar-refractivity contribution < 1.29 is 0 Å². The summed E-state index contributed by atoms with van der Waals surface area (Å²) in [5.41, 5.74) is 9.48. The molecule has 1 heterocycles. The van der Waals surface area contributed by atoms with Gasteiger partial charge in [0, 0.05) is 24.5 Å². The van der Waals surface area contributed by atoms with Crippen LogP contribution in [0.5, 0.6) is 0 Å². The van der Waals surface area contributed by atoms with Gasteiger partial charge in [-0.15, -0.1) is 0 Å². The average Bonchev–Trinajstić information content (AvgIpc) is 2.29. The zero-order valence-electron chi connectivity index (χ0n) is 10.4. The molecule has 1 aliphatic heterocycles. The number of nitrogen functional groups attached to an aromatic ring is 1. The van der Waals surface area contributed by atoms with E-state index in [9.17, 15) is 0 Å². The van der Waals surface area contributed by atoms with Crippen LogP contribution in [-0.4, -0.2) is 13.1 Å². The number of anilines is 2. The molecular weight excluding hydrogens is 196 g/mol. The van der Waals surface area contributed by atoms with Gasteiger partial charge in [-0.3, -0.25) is 0 Å². The van der Waals surface area contributed by atoms with E-state index in [0.717, 1.165) is 18.0 Å². The first-order valence-electron chi connectivity index (χ1n) is 6.34. The molecule has 88 valence electrons. The van der Waals surface area contributed by atoms with E-state index in [1.807, 2.05) is 6.07 Å². The van der Waals surface area contributed by atoms with Crippen LogP contribution in [0.2, 0.25) is 0 Å². The Morgan fingerprint density at radius 2 is 2.25 bits per heavy atom. The monoisotopic (exact) mass is 218 g/mol. The zero-order valence-corrected chi connectivity index (χ0v) is 10.4. The Labute approximate surface area is 98.4 Å². The van der Waals surface area contributed by atoms with Crippen molar-refractivity contribution in [1.29, 1.82) is 0 Å². The Morgan fingerprint density at radius 3 is 2.94 bits per heavy atom. The number of hydrogen-bond donors (Lipinski definition) is 1. The molecule has 2 nitrogen and oxygen atoms in total. The van der Waals surface area contributed by atoms with E-state index in [2.05, 4.69) is 30.9 Å². The summed E-state index contributed by atoms with van der Waals surface area (Å²) in [6, 6.07) is 6.47. The lowest BCUT2D eigenvalue weighted by Gasteiger charge is -2.33. The fraction of sp³-hybridized carbons (Fsp3) is 0.571. The number of aryl methyl sites for hydroxylation is 1. The molecule has 0 amide bonds. The van der Waals surface area contributed by atoms with E-state index < -0.39 is 0 Å². The highest BCUT2D eigenvalue weighted by Gasteiger charge is 2.16. The van der Waals surface area contributed by atoms with Gasteiger partial charge < -0.3 is 10.6 Å². The summed E-state index contributed by atoms with van der Waals surface area (Å²) in [4.78, 5) is 2.49. The van der Waals surface area contributed by atoms with Gasteiger partial charge in [0.25, 0.3) is 0 Å². The van der Waals surface area contributed by atoms with E-state index in [4.69, 9.17) is 5.73 Å². The van der Waals surface area contributed by atoms with E-state index in [1.54, 1.807) is 0 Å². The van der Waals surface area contributed by atoms with Crippen molar-refractivity contribution in [3.05, 3.63) is 23.8 Å². The van der Waals surface area contributed by atoms with Crippen molar-refractivity contribution in [2.45, 2.75) is 33.1 Å². The molecule has 1 aromatic rings. The normalized spacial score (nSPS) is 21.1. The average molecular weight is 218 g/mol. The summed E-state index contributed by atoms with van der Waals surface area (Å²) in [7, 11) is 0. The number of benzene rings is 1. The Morgan fingerprint density at radius 1 is 1.44 bits per heavy atom. The van der Waals surface area contributed by atoms with E-state index >= 15 is 0 Å². The van der Waals surface area contributed by atoms with Crippen molar-refractivity contribution >= 4 is 11.4 Å². The van der Waals surface area contributed by atoms with Gasteiger partial charge in [-0.2, -0.15) is 0 Å². The van der Waals surface area contributed by atoms with Crippen LogP contribution in [0.3, 0.4) is 0 Å². The van der Waals surface area contributed by atoms with Crippen LogP contribution in [0.25, 0.3) is 0 Å². The van der Waals surface area contributed by atoms with Crippen LogP contribution >= 0.6 is 0 Å². The summed E-state index contributed by atoms with van der Waals surface area (Å²) >= 11 is 0. The first kappa shape index (κ1) is 11.3. The highest BCUT2D eigenvalue weighted by molar-refractivity contribution is 5.58. The predicted octanol–water partition coefficient (Wildman–Crippen LogP) is 3.07. The van der Waals surface area contributed by atoms with Crippen molar-refractivity contribution in [3.63, 3.8) is 0 Å². The third-order valence-electron chi connectivity index (χ3n) is 3.53. The molecular formula is C14H22N2. The first-order valence-corrected chi connectivity index (χ1v) is 6.34. The molecule has 2 rings (SSSR count). The molecule has 0 saturated carbocycles. The molecule has 1 aromatic carbocycles. The highest BCUT2D eigenvalue weighted by atomic mass is 15.1. The second-order valence-electron chi connectivity index (χ2n) is 4.93. The molecule has 2 heteroatoms. The zero-order chi connectivity index (χ0) is 11.5. The van der Waals surface area contributed by atoms with Crippen LogP contribution in [0, 0.1) is 5.92 Å². The molecule has 0 aliphatic carbocycles. The van der Waals surface area contributed by atoms with E-state index in [1.165, 1.54) is 37.2 Å². The molecule has 1 fully saturated rings. The van der Waals surface area contributed by atoms with Crippen LogP contribution < -0.4 is 10.6 Å². The lowest BCUT2D eigenvalue weighted by molar-refractivity contribution is 0.447. The van der Waals surface area contributed by atoms with Gasteiger partial charge in [0.1, 0.15) is 0 Å². The number of nitrogens with two attached hydrogens (primary N) is 1. The summed E-state index contributed by atoms with van der Waals surface area (Å²) in [6.45, 7) is 6.88. The van der Waals surface area contributed by atoms with Gasteiger partial charge in [0.15, 0.2) is 0 Å². The molecule has 1 unspecified atom stereocenters. The molecule has 2 N–H and O–H groups in total. The Kier molecular flexibility index (Phi) is 3.37. The fourth-order valence-electron chi connectivity index (χ4n) is 2.52. The highest BCUT2D eigenvalue weighted by Crippen LogP contribution is 2.26. The van der Waals surface area contributed by atoms with Gasteiger partial charge in [-0.1, -0.05) is 13.8 Å². The number of piperidine rings is 1. The number of hydrogen-bond acceptors (Lipinski definition) is 2. The van der Waals surface area contributed by atoms with Gasteiger partial charge in [0.2, 0.25) is 0 Å². The molecule has 0 aromatic heterocycles. The second kappa shape index (κ2) is 4.77. The fourth-order valence-corrected chi connectivity index (χ4v) is 2.52. The Hall–Kier alpha value is -1.18. The lowest BCUT2D eigenvalue weighted by Crippen LogP contribution is -2.34. The Bertz CT molecular complexity index is 360.